The first kappa shape index (κ1) is 17.3. The van der Waals surface area contributed by atoms with Crippen LogP contribution < -0.4 is 16.1 Å². The van der Waals surface area contributed by atoms with E-state index in [2.05, 4.69) is 4.98 Å². The highest BCUT2D eigenvalue weighted by Gasteiger charge is 2.35. The van der Waals surface area contributed by atoms with Gasteiger partial charge in [0.2, 0.25) is 5.43 Å². The van der Waals surface area contributed by atoms with Crippen molar-refractivity contribution in [3.63, 3.8) is 0 Å². The topological polar surface area (TPSA) is 101 Å². The Bertz CT molecular complexity index is 932. The third-order valence-corrected chi connectivity index (χ3v) is 4.66. The summed E-state index contributed by atoms with van der Waals surface area (Å²) in [7, 11) is 0. The van der Waals surface area contributed by atoms with Crippen LogP contribution in [0.5, 0.6) is 0 Å². The van der Waals surface area contributed by atoms with Gasteiger partial charge < -0.3 is 20.3 Å². The maximum Gasteiger partial charge on any atom is 0.341 e. The Kier molecular flexibility index (Phi) is 3.83. The lowest BCUT2D eigenvalue weighted by molar-refractivity contribution is 0.0694. The largest absolute Gasteiger partial charge is 0.477 e. The molecule has 8 heteroatoms. The van der Waals surface area contributed by atoms with Crippen molar-refractivity contribution in [3.05, 3.63) is 33.9 Å². The van der Waals surface area contributed by atoms with Crippen LogP contribution in [0.1, 0.15) is 38.1 Å². The molecule has 2 aromatic rings. The Morgan fingerprint density at radius 1 is 1.44 bits per heavy atom. The molecule has 7 nitrogen and oxygen atoms in total. The molecule has 0 aromatic carbocycles. The average molecular weight is 348 g/mol. The van der Waals surface area contributed by atoms with Gasteiger partial charge in [-0.3, -0.25) is 4.79 Å². The fourth-order valence-electron chi connectivity index (χ4n) is 3.00. The van der Waals surface area contributed by atoms with Gasteiger partial charge in [-0.2, -0.15) is 0 Å². The van der Waals surface area contributed by atoms with Crippen LogP contribution in [0.4, 0.5) is 10.2 Å². The van der Waals surface area contributed by atoms with Crippen LogP contribution >= 0.6 is 0 Å². The highest BCUT2D eigenvalue weighted by molar-refractivity contribution is 5.92. The normalized spacial score (nSPS) is 20.6. The maximum atomic E-state index is 14.6. The highest BCUT2D eigenvalue weighted by atomic mass is 19.1. The lowest BCUT2D eigenvalue weighted by atomic mass is 9.99. The summed E-state index contributed by atoms with van der Waals surface area (Å²) in [6, 6.07) is 0.953. The number of carbonyl (C=O) groups is 1. The van der Waals surface area contributed by atoms with Crippen molar-refractivity contribution in [3.8, 4) is 0 Å². The molecule has 3 N–H and O–H groups in total. The molecule has 134 valence electrons. The van der Waals surface area contributed by atoms with E-state index in [1.54, 1.807) is 9.47 Å². The van der Waals surface area contributed by atoms with E-state index < -0.39 is 28.3 Å². The summed E-state index contributed by atoms with van der Waals surface area (Å²) in [5, 5.41) is 9.24. The van der Waals surface area contributed by atoms with Crippen molar-refractivity contribution >= 4 is 22.8 Å². The Balaban J connectivity index is 2.34. The molecule has 3 rings (SSSR count). The molecular formula is C17H21FN4O3. The van der Waals surface area contributed by atoms with E-state index >= 15 is 0 Å². The van der Waals surface area contributed by atoms with Crippen molar-refractivity contribution in [2.75, 3.05) is 11.4 Å². The van der Waals surface area contributed by atoms with Crippen LogP contribution in [0, 0.1) is 5.82 Å². The third-order valence-electron chi connectivity index (χ3n) is 4.66. The van der Waals surface area contributed by atoms with Gasteiger partial charge in [0.15, 0.2) is 11.6 Å². The average Bonchev–Trinajstić information content (AvgIpc) is 2.51. The van der Waals surface area contributed by atoms with Crippen LogP contribution in [0.15, 0.2) is 17.1 Å². The fraction of sp³-hybridized carbons (Fsp3) is 0.471. The first-order valence-electron chi connectivity index (χ1n) is 8.04. The molecular weight excluding hydrogens is 327 g/mol. The molecule has 0 radical (unpaired) electrons. The molecule has 2 aromatic heterocycles. The summed E-state index contributed by atoms with van der Waals surface area (Å²) in [5.41, 5.74) is 4.44. The second-order valence-corrected chi connectivity index (χ2v) is 7.44. The molecule has 3 heterocycles. The van der Waals surface area contributed by atoms with E-state index in [-0.39, 0.29) is 28.9 Å². The maximum absolute atomic E-state index is 14.6. The minimum absolute atomic E-state index is 0.0476. The Labute approximate surface area is 143 Å². The van der Waals surface area contributed by atoms with E-state index in [4.69, 9.17) is 5.73 Å². The molecule has 1 aliphatic heterocycles. The van der Waals surface area contributed by atoms with Crippen molar-refractivity contribution in [2.45, 2.75) is 45.3 Å². The van der Waals surface area contributed by atoms with E-state index in [1.165, 1.54) is 6.20 Å². The number of halogens is 1. The number of rotatable bonds is 2. The van der Waals surface area contributed by atoms with Gasteiger partial charge in [-0.15, -0.1) is 0 Å². The van der Waals surface area contributed by atoms with Gasteiger partial charge >= 0.3 is 5.97 Å². The zero-order valence-corrected chi connectivity index (χ0v) is 14.6. The third kappa shape index (κ3) is 2.66. The van der Waals surface area contributed by atoms with Crippen molar-refractivity contribution in [1.29, 1.82) is 0 Å². The number of carboxylic acids is 1. The molecule has 0 aliphatic carbocycles. The number of nitrogens with zero attached hydrogens (tertiary/aromatic N) is 3. The van der Waals surface area contributed by atoms with Gasteiger partial charge in [-0.25, -0.2) is 14.2 Å². The van der Waals surface area contributed by atoms with E-state index in [0.29, 0.717) is 6.54 Å². The SMILES string of the molecule is CC1C(N)CN1c1nc2c(cc1F)c(=O)c(C(=O)O)cn2C(C)(C)C. The number of carboxylic acid groups (broad SMARTS) is 1. The van der Waals surface area contributed by atoms with Gasteiger partial charge in [0, 0.05) is 30.4 Å². The first-order valence-corrected chi connectivity index (χ1v) is 8.04. The number of hydrogen-bond donors (Lipinski definition) is 2. The summed E-state index contributed by atoms with van der Waals surface area (Å²) >= 11 is 0. The Morgan fingerprint density at radius 3 is 2.56 bits per heavy atom. The van der Waals surface area contributed by atoms with Crippen LogP contribution in [0.2, 0.25) is 0 Å². The number of pyridine rings is 2. The standard InChI is InChI=1S/C17H21FN4O3/c1-8-12(19)7-21(8)15-11(18)5-9-13(23)10(16(24)25)6-22(14(9)20-15)17(2,3)4/h5-6,8,12H,7,19H2,1-4H3,(H,24,25). The molecule has 0 amide bonds. The highest BCUT2D eigenvalue weighted by Crippen LogP contribution is 2.30. The van der Waals surface area contributed by atoms with Gasteiger partial charge in [0.05, 0.1) is 5.39 Å². The summed E-state index contributed by atoms with van der Waals surface area (Å²) < 4.78 is 16.2. The summed E-state index contributed by atoms with van der Waals surface area (Å²) in [5.74, 6) is -1.88. The summed E-state index contributed by atoms with van der Waals surface area (Å²) in [6.07, 6.45) is 1.27. The van der Waals surface area contributed by atoms with Gasteiger partial charge in [0.25, 0.3) is 0 Å². The summed E-state index contributed by atoms with van der Waals surface area (Å²) in [6.45, 7) is 7.92. The molecule has 0 spiro atoms. The number of nitrogens with two attached hydrogens (primary N) is 1. The van der Waals surface area contributed by atoms with Crippen LogP contribution in [-0.2, 0) is 5.54 Å². The molecule has 1 fully saturated rings. The molecule has 0 bridgehead atoms. The molecule has 2 atom stereocenters. The Hall–Kier alpha value is -2.48. The molecule has 0 saturated carbocycles. The van der Waals surface area contributed by atoms with Crippen molar-refractivity contribution in [1.82, 2.24) is 9.55 Å². The predicted octanol–water partition coefficient (Wildman–Crippen LogP) is 1.52. The van der Waals surface area contributed by atoms with Crippen LogP contribution in [-0.4, -0.2) is 39.3 Å². The second kappa shape index (κ2) is 5.52. The van der Waals surface area contributed by atoms with E-state index in [1.807, 2.05) is 27.7 Å². The summed E-state index contributed by atoms with van der Waals surface area (Å²) in [4.78, 5) is 30.0. The van der Waals surface area contributed by atoms with E-state index in [9.17, 15) is 19.1 Å². The van der Waals surface area contributed by atoms with Gasteiger partial charge in [-0.05, 0) is 33.8 Å². The number of aromatic carboxylic acids is 1. The van der Waals surface area contributed by atoms with Crippen molar-refractivity contribution in [2.24, 2.45) is 5.73 Å². The number of hydrogen-bond acceptors (Lipinski definition) is 5. The quantitative estimate of drug-likeness (QED) is 0.853. The zero-order valence-electron chi connectivity index (χ0n) is 14.6. The molecule has 1 saturated heterocycles. The number of aromatic nitrogens is 2. The van der Waals surface area contributed by atoms with Gasteiger partial charge in [0.1, 0.15) is 11.2 Å². The number of anilines is 1. The van der Waals surface area contributed by atoms with Crippen LogP contribution in [0.25, 0.3) is 11.0 Å². The minimum Gasteiger partial charge on any atom is -0.477 e. The smallest absolute Gasteiger partial charge is 0.341 e. The molecule has 2 unspecified atom stereocenters. The van der Waals surface area contributed by atoms with Crippen molar-refractivity contribution < 1.29 is 14.3 Å². The minimum atomic E-state index is -1.35. The van der Waals surface area contributed by atoms with Gasteiger partial charge in [-0.1, -0.05) is 0 Å². The monoisotopic (exact) mass is 348 g/mol. The zero-order chi connectivity index (χ0) is 18.7. The first-order chi connectivity index (χ1) is 11.5. The second-order valence-electron chi connectivity index (χ2n) is 7.44. The van der Waals surface area contributed by atoms with Crippen LogP contribution in [0.3, 0.4) is 0 Å². The molecule has 1 aliphatic rings. The van der Waals surface area contributed by atoms with E-state index in [0.717, 1.165) is 6.07 Å². The number of fused-ring (bicyclic) bond motifs is 1. The lowest BCUT2D eigenvalue weighted by Gasteiger charge is -2.45. The molecule has 25 heavy (non-hydrogen) atoms. The Morgan fingerprint density at radius 2 is 2.08 bits per heavy atom. The predicted molar refractivity (Wildman–Crippen MR) is 92.7 cm³/mol. The lowest BCUT2D eigenvalue weighted by Crippen LogP contribution is -2.63. The fourth-order valence-corrected chi connectivity index (χ4v) is 3.00.